The Morgan fingerprint density at radius 1 is 1.43 bits per heavy atom. The molecule has 0 aliphatic rings. The van der Waals surface area contributed by atoms with E-state index in [4.69, 9.17) is 4.74 Å². The van der Waals surface area contributed by atoms with E-state index in [1.54, 1.807) is 4.68 Å². The first-order valence-corrected chi connectivity index (χ1v) is 7.21. The van der Waals surface area contributed by atoms with Crippen LogP contribution in [-0.2, 0) is 6.54 Å². The summed E-state index contributed by atoms with van der Waals surface area (Å²) in [5.74, 6) is -1.62. The Kier molecular flexibility index (Phi) is 4.95. The largest absolute Gasteiger partial charge is 0.493 e. The minimum atomic E-state index is -1.18. The minimum Gasteiger partial charge on any atom is -0.493 e. The van der Waals surface area contributed by atoms with Crippen molar-refractivity contribution in [1.82, 2.24) is 9.78 Å². The molecule has 0 saturated heterocycles. The fourth-order valence-electron chi connectivity index (χ4n) is 2.10. The molecule has 0 aliphatic carbocycles. The molecule has 2 aromatic rings. The molecule has 0 amide bonds. The molecular formula is C14H15BrF2N2O2. The molecule has 1 unspecified atom stereocenters. The van der Waals surface area contributed by atoms with Crippen LogP contribution >= 0.6 is 15.9 Å². The van der Waals surface area contributed by atoms with Crippen LogP contribution in [0.1, 0.15) is 30.7 Å². The molecule has 21 heavy (non-hydrogen) atoms. The van der Waals surface area contributed by atoms with Crippen LogP contribution < -0.4 is 4.74 Å². The molecule has 0 bridgehead atoms. The Bertz CT molecular complexity index is 646. The number of aromatic nitrogens is 2. The summed E-state index contributed by atoms with van der Waals surface area (Å²) < 4.78 is 33.5. The summed E-state index contributed by atoms with van der Waals surface area (Å²) in [4.78, 5) is 0. The number of nitrogens with zero attached hydrogens (tertiary/aromatic N) is 2. The monoisotopic (exact) mass is 360 g/mol. The predicted octanol–water partition coefficient (Wildman–Crippen LogP) is 3.42. The average Bonchev–Trinajstić information content (AvgIpc) is 2.87. The lowest BCUT2D eigenvalue weighted by molar-refractivity contribution is 0.200. The van der Waals surface area contributed by atoms with E-state index >= 15 is 0 Å². The number of methoxy groups -OCH3 is 1. The van der Waals surface area contributed by atoms with Gasteiger partial charge in [-0.15, -0.1) is 0 Å². The molecule has 1 atom stereocenters. The zero-order valence-corrected chi connectivity index (χ0v) is 13.2. The molecule has 0 aliphatic heterocycles. The molecular weight excluding hydrogens is 346 g/mol. The summed E-state index contributed by atoms with van der Waals surface area (Å²) in [6, 6.07) is 2.31. The number of ether oxygens (including phenoxy) is 1. The summed E-state index contributed by atoms with van der Waals surface area (Å²) in [6.45, 7) is 2.55. The molecule has 1 aromatic carbocycles. The van der Waals surface area contributed by atoms with E-state index in [9.17, 15) is 13.9 Å². The number of halogens is 3. The van der Waals surface area contributed by atoms with Gasteiger partial charge < -0.3 is 9.84 Å². The second-order valence-corrected chi connectivity index (χ2v) is 5.28. The highest BCUT2D eigenvalue weighted by molar-refractivity contribution is 9.10. The number of aliphatic hydroxyl groups excluding tert-OH is 1. The van der Waals surface area contributed by atoms with Crippen molar-refractivity contribution in [3.8, 4) is 5.75 Å². The minimum absolute atomic E-state index is 0.110. The molecule has 1 heterocycles. The Morgan fingerprint density at radius 3 is 2.76 bits per heavy atom. The third-order valence-corrected chi connectivity index (χ3v) is 3.92. The lowest BCUT2D eigenvalue weighted by atomic mass is 10.1. The molecule has 0 spiro atoms. The van der Waals surface area contributed by atoms with Crippen LogP contribution in [0.2, 0.25) is 0 Å². The van der Waals surface area contributed by atoms with Gasteiger partial charge in [0, 0.05) is 12.1 Å². The highest BCUT2D eigenvalue weighted by Crippen LogP contribution is 2.35. The summed E-state index contributed by atoms with van der Waals surface area (Å²) in [7, 11) is 1.46. The van der Waals surface area contributed by atoms with Crippen LogP contribution in [-0.4, -0.2) is 22.0 Å². The molecule has 114 valence electrons. The van der Waals surface area contributed by atoms with Crippen LogP contribution in [0.25, 0.3) is 0 Å². The molecule has 2 rings (SSSR count). The second kappa shape index (κ2) is 6.53. The van der Waals surface area contributed by atoms with E-state index < -0.39 is 17.7 Å². The third-order valence-electron chi connectivity index (χ3n) is 3.12. The molecule has 7 heteroatoms. The number of rotatable bonds is 5. The van der Waals surface area contributed by atoms with Crippen LogP contribution in [0.3, 0.4) is 0 Å². The van der Waals surface area contributed by atoms with Crippen LogP contribution in [0.15, 0.2) is 22.8 Å². The fraction of sp³-hybridized carbons (Fsp3) is 0.357. The van der Waals surface area contributed by atoms with E-state index in [-0.39, 0.29) is 10.0 Å². The van der Waals surface area contributed by atoms with Crippen molar-refractivity contribution in [3.05, 3.63) is 45.7 Å². The first-order valence-electron chi connectivity index (χ1n) is 6.42. The van der Waals surface area contributed by atoms with Gasteiger partial charge in [-0.2, -0.15) is 5.10 Å². The Labute approximate surface area is 129 Å². The Morgan fingerprint density at radius 2 is 2.14 bits per heavy atom. The smallest absolute Gasteiger partial charge is 0.173 e. The Hall–Kier alpha value is -1.47. The van der Waals surface area contributed by atoms with Crippen molar-refractivity contribution in [3.63, 3.8) is 0 Å². The Balaban J connectivity index is 2.51. The lowest BCUT2D eigenvalue weighted by Crippen LogP contribution is -2.12. The quantitative estimate of drug-likeness (QED) is 0.831. The van der Waals surface area contributed by atoms with Crippen molar-refractivity contribution in [2.75, 3.05) is 7.11 Å². The number of aliphatic hydroxyl groups is 1. The van der Waals surface area contributed by atoms with E-state index in [0.29, 0.717) is 18.0 Å². The van der Waals surface area contributed by atoms with Crippen molar-refractivity contribution in [2.24, 2.45) is 0 Å². The van der Waals surface area contributed by atoms with Gasteiger partial charge in [-0.25, -0.2) is 8.78 Å². The van der Waals surface area contributed by atoms with Gasteiger partial charge in [-0.1, -0.05) is 13.0 Å². The zero-order valence-electron chi connectivity index (χ0n) is 11.6. The van der Waals surface area contributed by atoms with E-state index in [1.165, 1.54) is 19.4 Å². The SMILES string of the molecule is CCCn1ncc(OC)c1C(O)c1ccc(F)c(F)c1Br. The summed E-state index contributed by atoms with van der Waals surface area (Å²) in [5.41, 5.74) is 0.621. The molecule has 1 aromatic heterocycles. The second-order valence-electron chi connectivity index (χ2n) is 4.49. The average molecular weight is 361 g/mol. The van der Waals surface area contributed by atoms with Crippen molar-refractivity contribution in [1.29, 1.82) is 0 Å². The molecule has 0 radical (unpaired) electrons. The van der Waals surface area contributed by atoms with Crippen molar-refractivity contribution in [2.45, 2.75) is 26.0 Å². The van der Waals surface area contributed by atoms with Crippen LogP contribution in [0.5, 0.6) is 5.75 Å². The summed E-state index contributed by atoms with van der Waals surface area (Å²) in [6.07, 6.45) is 1.12. The standard InChI is InChI=1S/C14H15BrF2N2O2/c1-3-6-19-13(10(21-2)7-18-19)14(20)8-4-5-9(16)12(17)11(8)15/h4-5,7,14,20H,3,6H2,1-2H3. The van der Waals surface area contributed by atoms with E-state index in [2.05, 4.69) is 21.0 Å². The number of benzene rings is 1. The topological polar surface area (TPSA) is 47.3 Å². The van der Waals surface area contributed by atoms with Crippen molar-refractivity contribution >= 4 is 15.9 Å². The van der Waals surface area contributed by atoms with Gasteiger partial charge in [0.15, 0.2) is 17.4 Å². The third kappa shape index (κ3) is 2.94. The fourth-order valence-corrected chi connectivity index (χ4v) is 2.64. The lowest BCUT2D eigenvalue weighted by Gasteiger charge is -2.16. The molecule has 0 fully saturated rings. The number of hydrogen-bond acceptors (Lipinski definition) is 3. The normalized spacial score (nSPS) is 12.5. The maximum atomic E-state index is 13.6. The highest BCUT2D eigenvalue weighted by atomic mass is 79.9. The highest BCUT2D eigenvalue weighted by Gasteiger charge is 2.25. The molecule has 1 N–H and O–H groups in total. The van der Waals surface area contributed by atoms with E-state index in [0.717, 1.165) is 12.5 Å². The van der Waals surface area contributed by atoms with Gasteiger partial charge in [0.2, 0.25) is 0 Å². The van der Waals surface area contributed by atoms with Gasteiger partial charge in [-0.05, 0) is 28.4 Å². The van der Waals surface area contributed by atoms with Gasteiger partial charge in [0.05, 0.1) is 17.8 Å². The summed E-state index contributed by atoms with van der Waals surface area (Å²) >= 11 is 2.98. The van der Waals surface area contributed by atoms with E-state index in [1.807, 2.05) is 6.92 Å². The maximum Gasteiger partial charge on any atom is 0.173 e. The van der Waals surface area contributed by atoms with Gasteiger partial charge in [-0.3, -0.25) is 4.68 Å². The van der Waals surface area contributed by atoms with Crippen LogP contribution in [0, 0.1) is 11.6 Å². The van der Waals surface area contributed by atoms with Gasteiger partial charge >= 0.3 is 0 Å². The first-order chi connectivity index (χ1) is 10.0. The summed E-state index contributed by atoms with van der Waals surface area (Å²) in [5, 5.41) is 14.7. The van der Waals surface area contributed by atoms with Gasteiger partial charge in [0.25, 0.3) is 0 Å². The predicted molar refractivity (Wildman–Crippen MR) is 77.2 cm³/mol. The first kappa shape index (κ1) is 15.9. The van der Waals surface area contributed by atoms with Gasteiger partial charge in [0.1, 0.15) is 11.8 Å². The number of hydrogen-bond donors (Lipinski definition) is 1. The van der Waals surface area contributed by atoms with Crippen LogP contribution in [0.4, 0.5) is 8.78 Å². The van der Waals surface area contributed by atoms with Crippen molar-refractivity contribution < 1.29 is 18.6 Å². The molecule has 4 nitrogen and oxygen atoms in total. The molecule has 0 saturated carbocycles. The zero-order chi connectivity index (χ0) is 15.6. The maximum absolute atomic E-state index is 13.6. The number of aryl methyl sites for hydroxylation is 1.